The molecular weight excluding hydrogens is 334 g/mol. The highest BCUT2D eigenvalue weighted by Crippen LogP contribution is 2.27. The molecule has 5 nitrogen and oxygen atoms in total. The molecule has 0 unspecified atom stereocenters. The maximum Gasteiger partial charge on any atom is 0.251 e. The van der Waals surface area contributed by atoms with Crippen molar-refractivity contribution < 1.29 is 4.79 Å². The van der Waals surface area contributed by atoms with Crippen LogP contribution in [0.15, 0.2) is 28.2 Å². The first kappa shape index (κ1) is 17.6. The van der Waals surface area contributed by atoms with E-state index in [0.717, 1.165) is 11.1 Å². The fourth-order valence-electron chi connectivity index (χ4n) is 2.12. The molecule has 0 spiro atoms. The fraction of sp³-hybridized carbons (Fsp3) is 0.312. The van der Waals surface area contributed by atoms with Gasteiger partial charge in [-0.1, -0.05) is 36.4 Å². The van der Waals surface area contributed by atoms with E-state index in [1.807, 2.05) is 26.8 Å². The Hall–Kier alpha value is -1.79. The number of hydrogen-bond donors (Lipinski definition) is 2. The molecule has 0 aliphatic heterocycles. The van der Waals surface area contributed by atoms with E-state index in [1.54, 1.807) is 6.07 Å². The van der Waals surface area contributed by atoms with Crippen LogP contribution in [0.25, 0.3) is 0 Å². The van der Waals surface area contributed by atoms with E-state index in [9.17, 15) is 9.59 Å². The number of aromatic nitrogens is 2. The van der Waals surface area contributed by atoms with Gasteiger partial charge in [-0.25, -0.2) is 4.98 Å². The van der Waals surface area contributed by atoms with Crippen molar-refractivity contribution in [3.05, 3.63) is 50.4 Å². The molecule has 0 bridgehead atoms. The largest absolute Gasteiger partial charge is 0.324 e. The highest BCUT2D eigenvalue weighted by Gasteiger charge is 2.11. The maximum atomic E-state index is 12.1. The third-order valence-corrected chi connectivity index (χ3v) is 4.34. The molecule has 122 valence electrons. The van der Waals surface area contributed by atoms with Crippen molar-refractivity contribution in [2.75, 3.05) is 11.1 Å². The molecule has 0 radical (unpaired) electrons. The predicted octanol–water partition coefficient (Wildman–Crippen LogP) is 3.33. The molecule has 0 saturated carbocycles. The van der Waals surface area contributed by atoms with Gasteiger partial charge in [0.2, 0.25) is 5.91 Å². The van der Waals surface area contributed by atoms with Crippen molar-refractivity contribution in [3.63, 3.8) is 0 Å². The highest BCUT2D eigenvalue weighted by atomic mass is 35.5. The number of halogens is 1. The second-order valence-corrected chi connectivity index (χ2v) is 6.54. The molecule has 1 amide bonds. The average Bonchev–Trinajstić information content (AvgIpc) is 2.48. The first-order valence-electron chi connectivity index (χ1n) is 7.18. The van der Waals surface area contributed by atoms with E-state index in [2.05, 4.69) is 15.3 Å². The van der Waals surface area contributed by atoms with Crippen molar-refractivity contribution in [3.8, 4) is 0 Å². The van der Waals surface area contributed by atoms with Crippen molar-refractivity contribution in [2.45, 2.75) is 32.3 Å². The van der Waals surface area contributed by atoms with Crippen LogP contribution in [-0.4, -0.2) is 21.6 Å². The van der Waals surface area contributed by atoms with E-state index in [-0.39, 0.29) is 17.2 Å². The SMILES string of the molecule is CCc1cc(=O)[nH]c(SCC(=O)Nc2c(C)cc(C)cc2Cl)n1. The lowest BCUT2D eigenvalue weighted by molar-refractivity contribution is -0.113. The summed E-state index contributed by atoms with van der Waals surface area (Å²) >= 11 is 7.36. The van der Waals surface area contributed by atoms with Crippen LogP contribution in [0.1, 0.15) is 23.7 Å². The number of nitrogens with zero attached hydrogens (tertiary/aromatic N) is 1. The Morgan fingerprint density at radius 2 is 2.09 bits per heavy atom. The predicted molar refractivity (Wildman–Crippen MR) is 94.5 cm³/mol. The Morgan fingerprint density at radius 3 is 2.74 bits per heavy atom. The minimum atomic E-state index is -0.211. The summed E-state index contributed by atoms with van der Waals surface area (Å²) in [5.74, 6) is -0.0619. The number of aryl methyl sites for hydroxylation is 3. The summed E-state index contributed by atoms with van der Waals surface area (Å²) in [5.41, 5.74) is 3.06. The van der Waals surface area contributed by atoms with E-state index in [4.69, 9.17) is 11.6 Å². The first-order valence-corrected chi connectivity index (χ1v) is 8.55. The van der Waals surface area contributed by atoms with Gasteiger partial charge in [-0.15, -0.1) is 0 Å². The number of anilines is 1. The van der Waals surface area contributed by atoms with Crippen LogP contribution in [0.3, 0.4) is 0 Å². The van der Waals surface area contributed by atoms with Gasteiger partial charge in [-0.2, -0.15) is 0 Å². The Labute approximate surface area is 143 Å². The Kier molecular flexibility index (Phi) is 5.85. The zero-order chi connectivity index (χ0) is 17.0. The van der Waals surface area contributed by atoms with E-state index in [0.29, 0.717) is 28.0 Å². The molecule has 0 aliphatic carbocycles. The summed E-state index contributed by atoms with van der Waals surface area (Å²) in [6.07, 6.45) is 0.668. The molecule has 7 heteroatoms. The molecule has 1 heterocycles. The summed E-state index contributed by atoms with van der Waals surface area (Å²) in [6, 6.07) is 5.22. The van der Waals surface area contributed by atoms with Gasteiger partial charge in [0.1, 0.15) is 0 Å². The zero-order valence-corrected chi connectivity index (χ0v) is 14.8. The van der Waals surface area contributed by atoms with Crippen LogP contribution in [0.5, 0.6) is 0 Å². The summed E-state index contributed by atoms with van der Waals surface area (Å²) in [4.78, 5) is 30.5. The standard InChI is InChI=1S/C16H18ClN3O2S/c1-4-11-7-13(21)20-16(18-11)23-8-14(22)19-15-10(3)5-9(2)6-12(15)17/h5-7H,4,8H2,1-3H3,(H,19,22)(H,18,20,21). The maximum absolute atomic E-state index is 12.1. The molecule has 0 saturated heterocycles. The topological polar surface area (TPSA) is 74.8 Å². The van der Waals surface area contributed by atoms with Gasteiger partial charge >= 0.3 is 0 Å². The lowest BCUT2D eigenvalue weighted by atomic mass is 10.1. The lowest BCUT2D eigenvalue weighted by Crippen LogP contribution is -2.16. The highest BCUT2D eigenvalue weighted by molar-refractivity contribution is 7.99. The Morgan fingerprint density at radius 1 is 1.35 bits per heavy atom. The van der Waals surface area contributed by atoms with Gasteiger partial charge in [0.15, 0.2) is 5.16 Å². The molecule has 2 aromatic rings. The van der Waals surface area contributed by atoms with Gasteiger partial charge in [-0.05, 0) is 37.5 Å². The van der Waals surface area contributed by atoms with E-state index >= 15 is 0 Å². The van der Waals surface area contributed by atoms with Gasteiger partial charge in [0, 0.05) is 11.8 Å². The summed E-state index contributed by atoms with van der Waals surface area (Å²) in [7, 11) is 0. The van der Waals surface area contributed by atoms with Crippen LogP contribution in [0.4, 0.5) is 5.69 Å². The van der Waals surface area contributed by atoms with Crippen LogP contribution in [0.2, 0.25) is 5.02 Å². The van der Waals surface area contributed by atoms with Crippen molar-refractivity contribution in [1.82, 2.24) is 9.97 Å². The Balaban J connectivity index is 2.04. The molecule has 0 fully saturated rings. The van der Waals surface area contributed by atoms with E-state index in [1.165, 1.54) is 17.8 Å². The minimum absolute atomic E-state index is 0.139. The number of benzene rings is 1. The molecule has 0 aliphatic rings. The van der Waals surface area contributed by atoms with Gasteiger partial charge in [0.25, 0.3) is 5.56 Å². The molecule has 1 aromatic heterocycles. The van der Waals surface area contributed by atoms with Crippen LogP contribution in [0, 0.1) is 13.8 Å². The average molecular weight is 352 g/mol. The van der Waals surface area contributed by atoms with Gasteiger partial charge in [-0.3, -0.25) is 9.59 Å². The summed E-state index contributed by atoms with van der Waals surface area (Å²) < 4.78 is 0. The molecule has 0 atom stereocenters. The Bertz CT molecular complexity index is 766. The number of thioether (sulfide) groups is 1. The monoisotopic (exact) mass is 351 g/mol. The first-order chi connectivity index (χ1) is 10.9. The summed E-state index contributed by atoms with van der Waals surface area (Å²) in [6.45, 7) is 5.76. The van der Waals surface area contributed by atoms with Crippen LogP contribution in [-0.2, 0) is 11.2 Å². The number of H-pyrrole nitrogens is 1. The quantitative estimate of drug-likeness (QED) is 0.640. The number of nitrogens with one attached hydrogen (secondary N) is 2. The van der Waals surface area contributed by atoms with Crippen molar-refractivity contribution >= 4 is 35.0 Å². The number of rotatable bonds is 5. The summed E-state index contributed by atoms with van der Waals surface area (Å²) in [5, 5.41) is 3.76. The third-order valence-electron chi connectivity index (χ3n) is 3.17. The van der Waals surface area contributed by atoms with Gasteiger partial charge < -0.3 is 10.3 Å². The van der Waals surface area contributed by atoms with Crippen LogP contribution < -0.4 is 10.9 Å². The molecule has 2 N–H and O–H groups in total. The second kappa shape index (κ2) is 7.66. The number of hydrogen-bond acceptors (Lipinski definition) is 4. The zero-order valence-electron chi connectivity index (χ0n) is 13.2. The smallest absolute Gasteiger partial charge is 0.251 e. The number of aromatic amines is 1. The second-order valence-electron chi connectivity index (χ2n) is 5.17. The number of amides is 1. The molecule has 2 rings (SSSR count). The number of carbonyl (C=O) groups excluding carboxylic acids is 1. The molecule has 1 aromatic carbocycles. The van der Waals surface area contributed by atoms with Crippen molar-refractivity contribution in [2.24, 2.45) is 0 Å². The molecular formula is C16H18ClN3O2S. The van der Waals surface area contributed by atoms with Gasteiger partial charge in [0.05, 0.1) is 16.5 Å². The minimum Gasteiger partial charge on any atom is -0.324 e. The van der Waals surface area contributed by atoms with Crippen molar-refractivity contribution in [1.29, 1.82) is 0 Å². The van der Waals surface area contributed by atoms with E-state index < -0.39 is 0 Å². The van der Waals surface area contributed by atoms with Crippen LogP contribution >= 0.6 is 23.4 Å². The fourth-order valence-corrected chi connectivity index (χ4v) is 3.18. The third kappa shape index (κ3) is 4.84. The normalized spacial score (nSPS) is 10.6. The molecule has 23 heavy (non-hydrogen) atoms. The lowest BCUT2D eigenvalue weighted by Gasteiger charge is -2.11. The number of carbonyl (C=O) groups is 1.